The lowest BCUT2D eigenvalue weighted by Crippen LogP contribution is -2.45. The molecule has 0 fully saturated rings. The van der Waals surface area contributed by atoms with E-state index < -0.39 is 52.6 Å². The molecule has 6 nitrogen and oxygen atoms in total. The van der Waals surface area contributed by atoms with Crippen molar-refractivity contribution in [3.8, 4) is 5.75 Å². The van der Waals surface area contributed by atoms with Crippen LogP contribution >= 0.6 is 0 Å². The lowest BCUT2D eigenvalue weighted by Gasteiger charge is -2.34. The minimum atomic E-state index is -5.01. The molecule has 3 rings (SSSR count). The average Bonchev–Trinajstić information content (AvgIpc) is 2.66. The second kappa shape index (κ2) is 8.33. The van der Waals surface area contributed by atoms with Gasteiger partial charge in [0.2, 0.25) is 0 Å². The highest BCUT2D eigenvalue weighted by atomic mass is 19.4. The minimum Gasteiger partial charge on any atom is -0.476 e. The van der Waals surface area contributed by atoms with Crippen LogP contribution in [0.2, 0.25) is 0 Å². The number of urea groups is 1. The zero-order valence-electron chi connectivity index (χ0n) is 17.9. The van der Waals surface area contributed by atoms with Crippen LogP contribution in [-0.4, -0.2) is 23.6 Å². The van der Waals surface area contributed by atoms with Gasteiger partial charge >= 0.3 is 12.2 Å². The van der Waals surface area contributed by atoms with Gasteiger partial charge in [-0.15, -0.1) is 0 Å². The number of nitrogens with zero attached hydrogens (tertiary/aromatic N) is 1. The van der Waals surface area contributed by atoms with Gasteiger partial charge in [-0.2, -0.15) is 13.2 Å². The molecule has 2 aromatic rings. The topological polar surface area (TPSA) is 70.7 Å². The maximum absolute atomic E-state index is 15.3. The van der Waals surface area contributed by atoms with Crippen LogP contribution in [0.4, 0.5) is 33.7 Å². The van der Waals surface area contributed by atoms with Gasteiger partial charge in [0.05, 0.1) is 23.5 Å². The molecule has 1 atom stereocenters. The number of benzene rings is 2. The predicted molar refractivity (Wildman–Crippen MR) is 111 cm³/mol. The molecule has 1 heterocycles. The van der Waals surface area contributed by atoms with E-state index in [0.29, 0.717) is 11.6 Å². The van der Waals surface area contributed by atoms with Gasteiger partial charge in [-0.25, -0.2) is 9.18 Å². The standard InChI is InChI=1S/C22H23F4N3O3/c1-12-19(30)29(11-13-8-6-5-7-9-13)15-10-14(22(24,25)26)17(16(23)18(15)32-12)27-20(31)28-21(2,3)4/h5-10,12H,11H2,1-4H3,(H2,27,28,31)/t12-/m1/s1. The number of anilines is 2. The molecule has 1 aliphatic rings. The second-order valence-corrected chi connectivity index (χ2v) is 8.46. The van der Waals surface area contributed by atoms with Gasteiger partial charge in [0.25, 0.3) is 5.91 Å². The summed E-state index contributed by atoms with van der Waals surface area (Å²) in [5.41, 5.74) is -2.98. The fourth-order valence-corrected chi connectivity index (χ4v) is 3.26. The van der Waals surface area contributed by atoms with Crippen molar-refractivity contribution in [3.05, 3.63) is 53.3 Å². The van der Waals surface area contributed by atoms with Gasteiger partial charge in [0, 0.05) is 5.54 Å². The number of hydrogen-bond acceptors (Lipinski definition) is 3. The third-order valence-electron chi connectivity index (χ3n) is 4.62. The Morgan fingerprint density at radius 2 is 1.78 bits per heavy atom. The number of rotatable bonds is 3. The molecule has 0 unspecified atom stereocenters. The monoisotopic (exact) mass is 453 g/mol. The lowest BCUT2D eigenvalue weighted by atomic mass is 10.0. The molecular formula is C22H23F4N3O3. The summed E-state index contributed by atoms with van der Waals surface area (Å²) in [6, 6.07) is 8.19. The van der Waals surface area contributed by atoms with Gasteiger partial charge in [0.1, 0.15) is 0 Å². The number of hydrogen-bond donors (Lipinski definition) is 2. The van der Waals surface area contributed by atoms with Crippen LogP contribution in [0.25, 0.3) is 0 Å². The summed E-state index contributed by atoms with van der Waals surface area (Å²) in [7, 11) is 0. The number of nitrogens with one attached hydrogen (secondary N) is 2. The second-order valence-electron chi connectivity index (χ2n) is 8.46. The Morgan fingerprint density at radius 1 is 1.16 bits per heavy atom. The van der Waals surface area contributed by atoms with Crippen molar-refractivity contribution >= 4 is 23.3 Å². The van der Waals surface area contributed by atoms with Crippen molar-refractivity contribution in [2.45, 2.75) is 52.1 Å². The smallest absolute Gasteiger partial charge is 0.418 e. The molecule has 0 aliphatic carbocycles. The first kappa shape index (κ1) is 23.4. The molecule has 1 aliphatic heterocycles. The maximum atomic E-state index is 15.3. The molecule has 10 heteroatoms. The molecule has 32 heavy (non-hydrogen) atoms. The van der Waals surface area contributed by atoms with Crippen molar-refractivity contribution in [2.75, 3.05) is 10.2 Å². The van der Waals surface area contributed by atoms with Gasteiger partial charge in [0.15, 0.2) is 17.7 Å². The third kappa shape index (κ3) is 4.95. The van der Waals surface area contributed by atoms with E-state index in [9.17, 15) is 22.8 Å². The average molecular weight is 453 g/mol. The Hall–Kier alpha value is -3.30. The number of carbonyl (C=O) groups excluding carboxylic acids is 2. The Kier molecular flexibility index (Phi) is 6.08. The number of alkyl halides is 3. The van der Waals surface area contributed by atoms with E-state index in [1.54, 1.807) is 51.1 Å². The van der Waals surface area contributed by atoms with Gasteiger partial charge in [-0.05, 0) is 39.3 Å². The SMILES string of the molecule is C[C@H]1Oc2c(cc(C(F)(F)F)c(NC(=O)NC(C)(C)C)c2F)N(Cc2ccccc2)C1=O. The van der Waals surface area contributed by atoms with Crippen LogP contribution in [0.1, 0.15) is 38.8 Å². The molecule has 0 spiro atoms. The first-order valence-corrected chi connectivity index (χ1v) is 9.83. The van der Waals surface area contributed by atoms with Crippen molar-refractivity contribution in [1.29, 1.82) is 0 Å². The van der Waals surface area contributed by atoms with E-state index in [4.69, 9.17) is 4.74 Å². The summed E-state index contributed by atoms with van der Waals surface area (Å²) in [6.45, 7) is 6.17. The zero-order valence-corrected chi connectivity index (χ0v) is 17.9. The van der Waals surface area contributed by atoms with Crippen LogP contribution in [0.3, 0.4) is 0 Å². The summed E-state index contributed by atoms with van der Waals surface area (Å²) in [4.78, 5) is 25.9. The molecule has 0 saturated carbocycles. The van der Waals surface area contributed by atoms with Crippen LogP contribution < -0.4 is 20.3 Å². The number of halogens is 4. The Morgan fingerprint density at radius 3 is 2.34 bits per heavy atom. The van der Waals surface area contributed by atoms with E-state index in [2.05, 4.69) is 5.32 Å². The van der Waals surface area contributed by atoms with Gasteiger partial charge in [-0.3, -0.25) is 4.79 Å². The van der Waals surface area contributed by atoms with Gasteiger partial charge < -0.3 is 20.3 Å². The quantitative estimate of drug-likeness (QED) is 0.637. The molecule has 0 bridgehead atoms. The van der Waals surface area contributed by atoms with Crippen molar-refractivity contribution < 1.29 is 31.9 Å². The Labute approximate surface area is 182 Å². The summed E-state index contributed by atoms with van der Waals surface area (Å²) >= 11 is 0. The molecule has 172 valence electrons. The van der Waals surface area contributed by atoms with Crippen LogP contribution in [-0.2, 0) is 17.5 Å². The first-order chi connectivity index (χ1) is 14.8. The molecule has 3 amide bonds. The molecule has 0 radical (unpaired) electrons. The highest BCUT2D eigenvalue weighted by molar-refractivity contribution is 6.01. The van der Waals surface area contributed by atoms with Crippen LogP contribution in [0.15, 0.2) is 36.4 Å². The maximum Gasteiger partial charge on any atom is 0.418 e. The summed E-state index contributed by atoms with van der Waals surface area (Å²) in [6.07, 6.45) is -6.14. The van der Waals surface area contributed by atoms with E-state index >= 15 is 4.39 Å². The van der Waals surface area contributed by atoms with E-state index in [-0.39, 0.29) is 12.2 Å². The van der Waals surface area contributed by atoms with Gasteiger partial charge in [-0.1, -0.05) is 30.3 Å². The Bertz CT molecular complexity index is 1030. The molecule has 2 aromatic carbocycles. The minimum absolute atomic E-state index is 0.0750. The number of ether oxygens (including phenoxy) is 1. The zero-order chi connectivity index (χ0) is 23.8. The fraction of sp³-hybridized carbons (Fsp3) is 0.364. The third-order valence-corrected chi connectivity index (χ3v) is 4.62. The van der Waals surface area contributed by atoms with Crippen LogP contribution in [0, 0.1) is 5.82 Å². The summed E-state index contributed by atoms with van der Waals surface area (Å²) in [5.74, 6) is -2.55. The number of carbonyl (C=O) groups is 2. The molecule has 0 saturated heterocycles. The van der Waals surface area contributed by atoms with Crippen molar-refractivity contribution in [1.82, 2.24) is 5.32 Å². The van der Waals surface area contributed by atoms with E-state index in [1.165, 1.54) is 6.92 Å². The molecule has 2 N–H and O–H groups in total. The molecular weight excluding hydrogens is 430 g/mol. The predicted octanol–water partition coefficient (Wildman–Crippen LogP) is 5.08. The Balaban J connectivity index is 2.12. The summed E-state index contributed by atoms with van der Waals surface area (Å²) in [5, 5.41) is 4.38. The first-order valence-electron chi connectivity index (χ1n) is 9.83. The largest absolute Gasteiger partial charge is 0.476 e. The summed E-state index contributed by atoms with van der Waals surface area (Å²) < 4.78 is 62.2. The highest BCUT2D eigenvalue weighted by Gasteiger charge is 2.42. The normalized spacial score (nSPS) is 16.3. The number of amides is 3. The van der Waals surface area contributed by atoms with E-state index in [1.807, 2.05) is 5.32 Å². The van der Waals surface area contributed by atoms with E-state index in [0.717, 1.165) is 4.90 Å². The molecule has 0 aromatic heterocycles. The highest BCUT2D eigenvalue weighted by Crippen LogP contribution is 2.47. The fourth-order valence-electron chi connectivity index (χ4n) is 3.26. The lowest BCUT2D eigenvalue weighted by molar-refractivity contribution is -0.137. The van der Waals surface area contributed by atoms with Crippen LogP contribution in [0.5, 0.6) is 5.75 Å². The van der Waals surface area contributed by atoms with Crippen molar-refractivity contribution in [3.63, 3.8) is 0 Å². The van der Waals surface area contributed by atoms with Crippen molar-refractivity contribution in [2.24, 2.45) is 0 Å². The number of fused-ring (bicyclic) bond motifs is 1.